The Morgan fingerprint density at radius 1 is 1.71 bits per heavy atom. The number of carbonyl (C=O) groups excluding carboxylic acids is 1. The van der Waals surface area contributed by atoms with E-state index in [1.807, 2.05) is 6.92 Å². The average Bonchev–Trinajstić information content (AvgIpc) is 2.70. The van der Waals surface area contributed by atoms with Gasteiger partial charge in [-0.25, -0.2) is 0 Å². The fourth-order valence-electron chi connectivity index (χ4n) is 0.913. The molecule has 1 aromatic rings. The lowest BCUT2D eigenvalue weighted by molar-refractivity contribution is -0.142. The molecule has 0 aliphatic heterocycles. The summed E-state index contributed by atoms with van der Waals surface area (Å²) in [6.45, 7) is 2.16. The largest absolute Gasteiger partial charge is 0.469 e. The van der Waals surface area contributed by atoms with Gasteiger partial charge < -0.3 is 9.47 Å². The fourth-order valence-corrected chi connectivity index (χ4v) is 0.913. The van der Waals surface area contributed by atoms with Crippen LogP contribution in [0.2, 0.25) is 0 Å². The van der Waals surface area contributed by atoms with Gasteiger partial charge in [0, 0.05) is 0 Å². The van der Waals surface area contributed by atoms with Crippen molar-refractivity contribution >= 4 is 5.97 Å². The van der Waals surface area contributed by atoms with Crippen molar-refractivity contribution in [2.45, 2.75) is 19.4 Å². The summed E-state index contributed by atoms with van der Waals surface area (Å²) in [7, 11) is 1.35. The Kier molecular flexibility index (Phi) is 4.06. The van der Waals surface area contributed by atoms with Gasteiger partial charge in [-0.15, -0.1) is 0 Å². The molecule has 1 heterocycles. The van der Waals surface area contributed by atoms with Crippen LogP contribution < -0.4 is 0 Å². The maximum Gasteiger partial charge on any atom is 0.307 e. The second-order valence-corrected chi connectivity index (χ2v) is 2.73. The number of aromatic amines is 1. The molecule has 6 nitrogen and oxygen atoms in total. The van der Waals surface area contributed by atoms with E-state index in [1.165, 1.54) is 7.11 Å². The van der Waals surface area contributed by atoms with Gasteiger partial charge in [-0.3, -0.25) is 4.79 Å². The Bertz CT molecular complexity index is 273. The molecule has 0 saturated heterocycles. The van der Waals surface area contributed by atoms with E-state index in [-0.39, 0.29) is 18.5 Å². The minimum Gasteiger partial charge on any atom is -0.469 e. The summed E-state index contributed by atoms with van der Waals surface area (Å²) < 4.78 is 9.81. The number of ether oxygens (including phenoxy) is 2. The van der Waals surface area contributed by atoms with Crippen molar-refractivity contribution in [2.24, 2.45) is 0 Å². The highest BCUT2D eigenvalue weighted by molar-refractivity contribution is 5.69. The van der Waals surface area contributed by atoms with E-state index in [0.29, 0.717) is 6.61 Å². The second kappa shape index (κ2) is 5.33. The zero-order valence-corrected chi connectivity index (χ0v) is 8.19. The van der Waals surface area contributed by atoms with E-state index in [2.05, 4.69) is 20.1 Å². The summed E-state index contributed by atoms with van der Waals surface area (Å²) in [5, 5.41) is 10.0. The maximum atomic E-state index is 10.7. The molecule has 14 heavy (non-hydrogen) atoms. The second-order valence-electron chi connectivity index (χ2n) is 2.73. The van der Waals surface area contributed by atoms with Crippen LogP contribution in [0.3, 0.4) is 0 Å². The smallest absolute Gasteiger partial charge is 0.307 e. The van der Waals surface area contributed by atoms with Gasteiger partial charge in [0.15, 0.2) is 0 Å². The van der Waals surface area contributed by atoms with Gasteiger partial charge >= 0.3 is 5.97 Å². The molecule has 0 bridgehead atoms. The molecule has 0 fully saturated rings. The lowest BCUT2D eigenvalue weighted by Gasteiger charge is -2.08. The minimum absolute atomic E-state index is 0.168. The van der Waals surface area contributed by atoms with E-state index < -0.39 is 0 Å². The Labute approximate surface area is 81.6 Å². The molecule has 0 radical (unpaired) electrons. The third-order valence-corrected chi connectivity index (χ3v) is 1.75. The van der Waals surface area contributed by atoms with Crippen LogP contribution >= 0.6 is 0 Å². The summed E-state index contributed by atoms with van der Waals surface area (Å²) in [5.41, 5.74) is 0.717. The van der Waals surface area contributed by atoms with Crippen LogP contribution in [0.25, 0.3) is 0 Å². The first-order valence-electron chi connectivity index (χ1n) is 4.28. The number of nitrogens with zero attached hydrogens (tertiary/aromatic N) is 2. The van der Waals surface area contributed by atoms with Crippen molar-refractivity contribution in [1.29, 1.82) is 0 Å². The van der Waals surface area contributed by atoms with Crippen molar-refractivity contribution in [3.63, 3.8) is 0 Å². The van der Waals surface area contributed by atoms with Crippen LogP contribution in [0.15, 0.2) is 6.20 Å². The van der Waals surface area contributed by atoms with Crippen LogP contribution in [0.1, 0.15) is 25.1 Å². The molecule has 0 saturated carbocycles. The van der Waals surface area contributed by atoms with Gasteiger partial charge in [-0.1, -0.05) is 0 Å². The van der Waals surface area contributed by atoms with Gasteiger partial charge in [-0.05, 0) is 6.92 Å². The molecular weight excluding hydrogens is 186 g/mol. The molecule has 1 unspecified atom stereocenters. The Morgan fingerprint density at radius 3 is 3.07 bits per heavy atom. The standard InChI is InChI=1S/C8H13N3O3/c1-6(7-5-9-11-10-7)14-4-3-8(12)13-2/h5-6H,3-4H2,1-2H3,(H,9,10,11). The molecule has 78 valence electrons. The van der Waals surface area contributed by atoms with E-state index >= 15 is 0 Å². The van der Waals surface area contributed by atoms with Crippen LogP contribution in [0.4, 0.5) is 0 Å². The number of hydrogen-bond acceptors (Lipinski definition) is 5. The number of methoxy groups -OCH3 is 1. The molecule has 1 rings (SSSR count). The van der Waals surface area contributed by atoms with Crippen LogP contribution in [-0.2, 0) is 14.3 Å². The fraction of sp³-hybridized carbons (Fsp3) is 0.625. The summed E-state index contributed by atoms with van der Waals surface area (Å²) in [5.74, 6) is -0.280. The molecule has 1 N–H and O–H groups in total. The van der Waals surface area contributed by atoms with Crippen LogP contribution in [0, 0.1) is 0 Å². The summed E-state index contributed by atoms with van der Waals surface area (Å²) in [6, 6.07) is 0. The number of nitrogens with one attached hydrogen (secondary N) is 1. The minimum atomic E-state index is -0.280. The summed E-state index contributed by atoms with van der Waals surface area (Å²) in [4.78, 5) is 10.7. The van der Waals surface area contributed by atoms with Gasteiger partial charge in [0.1, 0.15) is 11.8 Å². The number of rotatable bonds is 5. The number of esters is 1. The van der Waals surface area contributed by atoms with Crippen molar-refractivity contribution in [2.75, 3.05) is 13.7 Å². The highest BCUT2D eigenvalue weighted by atomic mass is 16.5. The molecule has 1 aromatic heterocycles. The third-order valence-electron chi connectivity index (χ3n) is 1.75. The van der Waals surface area contributed by atoms with Crippen LogP contribution in [-0.4, -0.2) is 35.1 Å². The molecule has 0 amide bonds. The van der Waals surface area contributed by atoms with Crippen molar-refractivity contribution in [3.8, 4) is 0 Å². The topological polar surface area (TPSA) is 77.1 Å². The normalized spacial score (nSPS) is 12.4. The third kappa shape index (κ3) is 3.14. The van der Waals surface area contributed by atoms with Crippen LogP contribution in [0.5, 0.6) is 0 Å². The first-order chi connectivity index (χ1) is 6.74. The molecular formula is C8H13N3O3. The van der Waals surface area contributed by atoms with Gasteiger partial charge in [0.2, 0.25) is 0 Å². The molecule has 0 spiro atoms. The first-order valence-corrected chi connectivity index (χ1v) is 4.28. The highest BCUT2D eigenvalue weighted by Crippen LogP contribution is 2.11. The molecule has 6 heteroatoms. The van der Waals surface area contributed by atoms with E-state index in [1.54, 1.807) is 6.20 Å². The number of hydrogen-bond donors (Lipinski definition) is 1. The monoisotopic (exact) mass is 199 g/mol. The van der Waals surface area contributed by atoms with Crippen molar-refractivity contribution in [3.05, 3.63) is 11.9 Å². The average molecular weight is 199 g/mol. The lowest BCUT2D eigenvalue weighted by atomic mass is 10.3. The zero-order valence-electron chi connectivity index (χ0n) is 8.19. The molecule has 0 aliphatic carbocycles. The summed E-state index contributed by atoms with van der Waals surface area (Å²) in [6.07, 6.45) is 1.67. The van der Waals surface area contributed by atoms with Gasteiger partial charge in [0.25, 0.3) is 0 Å². The van der Waals surface area contributed by atoms with Crippen molar-refractivity contribution in [1.82, 2.24) is 15.4 Å². The quantitative estimate of drug-likeness (QED) is 0.696. The summed E-state index contributed by atoms with van der Waals surface area (Å²) >= 11 is 0. The zero-order chi connectivity index (χ0) is 10.4. The highest BCUT2D eigenvalue weighted by Gasteiger charge is 2.09. The predicted octanol–water partition coefficient (Wildman–Crippen LogP) is 0.445. The molecule has 0 aromatic carbocycles. The Morgan fingerprint density at radius 2 is 2.50 bits per heavy atom. The van der Waals surface area contributed by atoms with Crippen molar-refractivity contribution < 1.29 is 14.3 Å². The predicted molar refractivity (Wildman–Crippen MR) is 47.4 cm³/mol. The number of aromatic nitrogens is 3. The Balaban J connectivity index is 2.22. The van der Waals surface area contributed by atoms with E-state index in [4.69, 9.17) is 4.74 Å². The van der Waals surface area contributed by atoms with E-state index in [0.717, 1.165) is 5.69 Å². The van der Waals surface area contributed by atoms with E-state index in [9.17, 15) is 4.79 Å². The SMILES string of the molecule is COC(=O)CCOC(C)c1cn[nH]n1. The van der Waals surface area contributed by atoms with Gasteiger partial charge in [-0.2, -0.15) is 15.4 Å². The lowest BCUT2D eigenvalue weighted by Crippen LogP contribution is -2.08. The Hall–Kier alpha value is -1.43. The number of carbonyl (C=O) groups is 1. The maximum absolute atomic E-state index is 10.7. The molecule has 0 aliphatic rings. The number of H-pyrrole nitrogens is 1. The first kappa shape index (κ1) is 10.6. The molecule has 1 atom stereocenters. The van der Waals surface area contributed by atoms with Gasteiger partial charge in [0.05, 0.1) is 26.3 Å².